The van der Waals surface area contributed by atoms with Crippen molar-refractivity contribution < 1.29 is 0 Å². The van der Waals surface area contributed by atoms with Crippen LogP contribution >= 0.6 is 0 Å². The van der Waals surface area contributed by atoms with Gasteiger partial charge in [-0.2, -0.15) is 0 Å². The lowest BCUT2D eigenvalue weighted by atomic mass is 9.80. The number of terminal acetylenes is 1. The van der Waals surface area contributed by atoms with Crippen LogP contribution in [0.25, 0.3) is 0 Å². The van der Waals surface area contributed by atoms with Crippen molar-refractivity contribution in [1.82, 2.24) is 16.0 Å². The largest absolute Gasteiger partial charge is 0.384 e. The zero-order chi connectivity index (χ0) is 19.8. The van der Waals surface area contributed by atoms with Crippen LogP contribution in [-0.2, 0) is 0 Å². The molecule has 3 nitrogen and oxygen atoms in total. The second-order valence-electron chi connectivity index (χ2n) is 9.42. The van der Waals surface area contributed by atoms with Crippen molar-refractivity contribution in [1.29, 1.82) is 0 Å². The normalized spacial score (nSPS) is 20.2. The molecule has 0 radical (unpaired) electrons. The minimum atomic E-state index is 0.0676. The van der Waals surface area contributed by atoms with E-state index in [-0.39, 0.29) is 11.0 Å². The third-order valence-corrected chi connectivity index (χ3v) is 5.38. The summed E-state index contributed by atoms with van der Waals surface area (Å²) in [5.41, 5.74) is 1.44. The maximum Gasteiger partial charge on any atom is 0.0918 e. The molecule has 0 bridgehead atoms. The fourth-order valence-electron chi connectivity index (χ4n) is 3.59. The minimum absolute atomic E-state index is 0.0676. The van der Waals surface area contributed by atoms with Gasteiger partial charge in [0.2, 0.25) is 0 Å². The van der Waals surface area contributed by atoms with Crippen LogP contribution in [0.4, 0.5) is 0 Å². The fourth-order valence-corrected chi connectivity index (χ4v) is 3.59. The third-order valence-electron chi connectivity index (χ3n) is 5.38. The molecule has 3 N–H and O–H groups in total. The molecule has 2 atom stereocenters. The van der Waals surface area contributed by atoms with Crippen LogP contribution in [0.5, 0.6) is 0 Å². The second-order valence-corrected chi connectivity index (χ2v) is 9.42. The molecule has 0 saturated carbocycles. The van der Waals surface area contributed by atoms with Crippen molar-refractivity contribution in [3.8, 4) is 12.3 Å². The number of hydrogen-bond donors (Lipinski definition) is 3. The van der Waals surface area contributed by atoms with Gasteiger partial charge in [-0.1, -0.05) is 39.8 Å². The molecule has 0 aliphatic carbocycles. The van der Waals surface area contributed by atoms with E-state index < -0.39 is 0 Å². The minimum Gasteiger partial charge on any atom is -0.384 e. The Balaban J connectivity index is 2.18. The van der Waals surface area contributed by atoms with E-state index in [0.717, 1.165) is 37.2 Å². The molecule has 26 heavy (non-hydrogen) atoms. The SMILES string of the molecule is C#CCC(C)(C)CCC(C)(C)NC(=C)CCCCCC1NC(=C)NC1C. The molecular weight excluding hydrogens is 318 g/mol. The average molecular weight is 360 g/mol. The lowest BCUT2D eigenvalue weighted by Gasteiger charge is -2.32. The lowest BCUT2D eigenvalue weighted by Crippen LogP contribution is -2.39. The van der Waals surface area contributed by atoms with E-state index in [1.807, 2.05) is 0 Å². The summed E-state index contributed by atoms with van der Waals surface area (Å²) in [4.78, 5) is 0. The smallest absolute Gasteiger partial charge is 0.0918 e. The molecule has 2 unspecified atom stereocenters. The van der Waals surface area contributed by atoms with Gasteiger partial charge in [0.1, 0.15) is 0 Å². The number of allylic oxidation sites excluding steroid dienone is 1. The van der Waals surface area contributed by atoms with Gasteiger partial charge < -0.3 is 16.0 Å². The maximum absolute atomic E-state index is 5.48. The Morgan fingerprint density at radius 3 is 2.42 bits per heavy atom. The summed E-state index contributed by atoms with van der Waals surface area (Å²) in [6.45, 7) is 19.4. The predicted octanol–water partition coefficient (Wildman–Crippen LogP) is 5.07. The lowest BCUT2D eigenvalue weighted by molar-refractivity contribution is 0.273. The predicted molar refractivity (Wildman–Crippen MR) is 115 cm³/mol. The first-order valence-corrected chi connectivity index (χ1v) is 10.2. The highest BCUT2D eigenvalue weighted by Gasteiger charge is 2.25. The van der Waals surface area contributed by atoms with Crippen LogP contribution in [0, 0.1) is 17.8 Å². The molecule has 1 aliphatic rings. The van der Waals surface area contributed by atoms with Crippen molar-refractivity contribution in [2.24, 2.45) is 5.41 Å². The second kappa shape index (κ2) is 9.95. The molecule has 1 heterocycles. The summed E-state index contributed by atoms with van der Waals surface area (Å²) in [6, 6.07) is 1.01. The van der Waals surface area contributed by atoms with Gasteiger partial charge in [-0.3, -0.25) is 0 Å². The fraction of sp³-hybridized carbons (Fsp3) is 0.739. The molecule has 0 amide bonds. The summed E-state index contributed by atoms with van der Waals surface area (Å²) in [7, 11) is 0. The Hall–Kier alpha value is -1.56. The highest BCUT2D eigenvalue weighted by Crippen LogP contribution is 2.29. The summed E-state index contributed by atoms with van der Waals surface area (Å²) >= 11 is 0. The molecule has 148 valence electrons. The molecule has 3 heteroatoms. The number of unbranched alkanes of at least 4 members (excludes halogenated alkanes) is 2. The standard InChI is InChI=1S/C23H41N3/c1-9-15-22(5,6)16-17-23(7,8)26-18(2)13-11-10-12-14-21-19(3)24-20(4)25-21/h1,19,21,24-26H,2,4,10-17H2,3,5-8H3. The van der Waals surface area contributed by atoms with Crippen LogP contribution < -0.4 is 16.0 Å². The Morgan fingerprint density at radius 1 is 1.15 bits per heavy atom. The summed E-state index contributed by atoms with van der Waals surface area (Å²) in [6.07, 6.45) is 14.5. The number of hydrogen-bond acceptors (Lipinski definition) is 3. The maximum atomic E-state index is 5.48. The van der Waals surface area contributed by atoms with Crippen molar-refractivity contribution in [2.45, 2.75) is 104 Å². The van der Waals surface area contributed by atoms with E-state index in [1.54, 1.807) is 0 Å². The van der Waals surface area contributed by atoms with Gasteiger partial charge >= 0.3 is 0 Å². The van der Waals surface area contributed by atoms with E-state index in [2.05, 4.69) is 69.6 Å². The molecule has 0 spiro atoms. The summed E-state index contributed by atoms with van der Waals surface area (Å²) in [5.74, 6) is 3.76. The Morgan fingerprint density at radius 2 is 1.85 bits per heavy atom. The Bertz CT molecular complexity index is 510. The highest BCUT2D eigenvalue weighted by atomic mass is 15.2. The Labute approximate surface area is 162 Å². The summed E-state index contributed by atoms with van der Waals surface area (Å²) in [5, 5.41) is 10.4. The van der Waals surface area contributed by atoms with Gasteiger partial charge in [0.15, 0.2) is 0 Å². The monoisotopic (exact) mass is 359 g/mol. The molecule has 1 saturated heterocycles. The zero-order valence-corrected chi connectivity index (χ0v) is 17.8. The van der Waals surface area contributed by atoms with Crippen LogP contribution in [-0.4, -0.2) is 17.6 Å². The van der Waals surface area contributed by atoms with E-state index in [9.17, 15) is 0 Å². The summed E-state index contributed by atoms with van der Waals surface area (Å²) < 4.78 is 0. The first-order valence-electron chi connectivity index (χ1n) is 10.2. The van der Waals surface area contributed by atoms with E-state index in [4.69, 9.17) is 6.42 Å². The van der Waals surface area contributed by atoms with Crippen LogP contribution in [0.15, 0.2) is 24.7 Å². The van der Waals surface area contributed by atoms with Gasteiger partial charge in [-0.15, -0.1) is 12.3 Å². The van der Waals surface area contributed by atoms with Crippen LogP contribution in [0.2, 0.25) is 0 Å². The average Bonchev–Trinajstić information content (AvgIpc) is 2.82. The molecule has 0 aromatic heterocycles. The molecular formula is C23H41N3. The van der Waals surface area contributed by atoms with Crippen molar-refractivity contribution >= 4 is 0 Å². The topological polar surface area (TPSA) is 36.1 Å². The Kier molecular flexibility index (Phi) is 8.60. The van der Waals surface area contributed by atoms with Gasteiger partial charge in [0, 0.05) is 29.7 Å². The van der Waals surface area contributed by atoms with Crippen molar-refractivity contribution in [3.63, 3.8) is 0 Å². The first-order chi connectivity index (χ1) is 12.0. The van der Waals surface area contributed by atoms with Crippen LogP contribution in [0.3, 0.4) is 0 Å². The first kappa shape index (κ1) is 22.5. The highest BCUT2D eigenvalue weighted by molar-refractivity contribution is 5.04. The quantitative estimate of drug-likeness (QED) is 0.336. The van der Waals surface area contributed by atoms with Gasteiger partial charge in [0.25, 0.3) is 0 Å². The van der Waals surface area contributed by atoms with Gasteiger partial charge in [-0.05, 0) is 58.3 Å². The molecule has 0 aromatic carbocycles. The third kappa shape index (κ3) is 8.70. The van der Waals surface area contributed by atoms with Gasteiger partial charge in [0.05, 0.1) is 5.82 Å². The van der Waals surface area contributed by atoms with Crippen LogP contribution in [0.1, 0.15) is 86.0 Å². The van der Waals surface area contributed by atoms with Gasteiger partial charge in [-0.25, -0.2) is 0 Å². The number of nitrogens with one attached hydrogen (secondary N) is 3. The molecule has 1 aliphatic heterocycles. The molecule has 1 fully saturated rings. The molecule has 1 rings (SSSR count). The van der Waals surface area contributed by atoms with Crippen molar-refractivity contribution in [2.75, 3.05) is 0 Å². The number of rotatable bonds is 12. The van der Waals surface area contributed by atoms with E-state index in [1.165, 1.54) is 25.7 Å². The van der Waals surface area contributed by atoms with E-state index >= 15 is 0 Å². The molecule has 0 aromatic rings. The van der Waals surface area contributed by atoms with E-state index in [0.29, 0.717) is 12.1 Å². The van der Waals surface area contributed by atoms with Crippen molar-refractivity contribution in [3.05, 3.63) is 24.7 Å². The zero-order valence-electron chi connectivity index (χ0n) is 17.8.